The van der Waals surface area contributed by atoms with Gasteiger partial charge < -0.3 is 15.3 Å². The Balaban J connectivity index is 1.80. The third-order valence-corrected chi connectivity index (χ3v) is 4.80. The van der Waals surface area contributed by atoms with Crippen molar-refractivity contribution in [3.63, 3.8) is 0 Å². The minimum Gasteiger partial charge on any atom is -0.393 e. The Morgan fingerprint density at radius 1 is 1.21 bits per heavy atom. The first-order valence-corrected chi connectivity index (χ1v) is 8.22. The summed E-state index contributed by atoms with van der Waals surface area (Å²) < 4.78 is 0. The number of piperidine rings is 1. The fourth-order valence-electron chi connectivity index (χ4n) is 3.15. The molecule has 0 radical (unpaired) electrons. The molecular weight excluding hydrogens is 236 g/mol. The van der Waals surface area contributed by atoms with Gasteiger partial charge in [-0.15, -0.1) is 0 Å². The van der Waals surface area contributed by atoms with Gasteiger partial charge in [-0.25, -0.2) is 0 Å². The molecule has 3 atom stereocenters. The third kappa shape index (κ3) is 5.05. The molecule has 2 N–H and O–H groups in total. The second kappa shape index (κ2) is 7.05. The number of nitrogens with one attached hydrogen (secondary N) is 1. The molecule has 1 aliphatic heterocycles. The van der Waals surface area contributed by atoms with Gasteiger partial charge in [0.1, 0.15) is 0 Å². The molecule has 1 saturated carbocycles. The van der Waals surface area contributed by atoms with Crippen LogP contribution in [0.2, 0.25) is 0 Å². The van der Waals surface area contributed by atoms with E-state index in [4.69, 9.17) is 0 Å². The summed E-state index contributed by atoms with van der Waals surface area (Å²) >= 11 is 0. The Kier molecular flexibility index (Phi) is 5.67. The van der Waals surface area contributed by atoms with Crippen LogP contribution < -0.4 is 5.32 Å². The minimum absolute atomic E-state index is 0.133. The standard InChI is InChI=1S/C16H32N2O/c1-4-18-10-14(8-16(19)12(2)3)7-15(11-18)17-9-13-5-6-13/h12-17,19H,4-11H2,1-3H3. The molecule has 2 rings (SSSR count). The number of rotatable bonds is 7. The summed E-state index contributed by atoms with van der Waals surface area (Å²) in [6.45, 7) is 11.2. The van der Waals surface area contributed by atoms with Gasteiger partial charge in [0.05, 0.1) is 6.10 Å². The van der Waals surface area contributed by atoms with Gasteiger partial charge in [0, 0.05) is 19.1 Å². The quantitative estimate of drug-likeness (QED) is 0.742. The number of aliphatic hydroxyl groups excluding tert-OH is 1. The molecular formula is C16H32N2O. The van der Waals surface area contributed by atoms with Crippen molar-refractivity contribution in [2.24, 2.45) is 17.8 Å². The first-order chi connectivity index (χ1) is 9.08. The van der Waals surface area contributed by atoms with Crippen molar-refractivity contribution in [3.8, 4) is 0 Å². The van der Waals surface area contributed by atoms with E-state index in [0.29, 0.717) is 17.9 Å². The third-order valence-electron chi connectivity index (χ3n) is 4.80. The van der Waals surface area contributed by atoms with Gasteiger partial charge >= 0.3 is 0 Å². The van der Waals surface area contributed by atoms with E-state index in [1.165, 1.54) is 38.9 Å². The molecule has 19 heavy (non-hydrogen) atoms. The van der Waals surface area contributed by atoms with E-state index >= 15 is 0 Å². The average molecular weight is 268 g/mol. The van der Waals surface area contributed by atoms with E-state index in [1.807, 2.05) is 0 Å². The Morgan fingerprint density at radius 2 is 1.95 bits per heavy atom. The van der Waals surface area contributed by atoms with E-state index in [-0.39, 0.29) is 6.10 Å². The van der Waals surface area contributed by atoms with Crippen molar-refractivity contribution in [2.75, 3.05) is 26.2 Å². The predicted octanol–water partition coefficient (Wildman–Crippen LogP) is 2.10. The van der Waals surface area contributed by atoms with Crippen LogP contribution >= 0.6 is 0 Å². The van der Waals surface area contributed by atoms with E-state index in [1.54, 1.807) is 0 Å². The van der Waals surface area contributed by atoms with Gasteiger partial charge in [-0.1, -0.05) is 20.8 Å². The molecule has 2 fully saturated rings. The fourth-order valence-corrected chi connectivity index (χ4v) is 3.15. The van der Waals surface area contributed by atoms with E-state index < -0.39 is 0 Å². The molecule has 0 amide bonds. The summed E-state index contributed by atoms with van der Waals surface area (Å²) in [4.78, 5) is 2.55. The molecule has 0 bridgehead atoms. The SMILES string of the molecule is CCN1CC(CC(O)C(C)C)CC(NCC2CC2)C1. The largest absolute Gasteiger partial charge is 0.393 e. The summed E-state index contributed by atoms with van der Waals surface area (Å²) in [6.07, 6.45) is 4.92. The van der Waals surface area contributed by atoms with Crippen molar-refractivity contribution < 1.29 is 5.11 Å². The van der Waals surface area contributed by atoms with Crippen molar-refractivity contribution in [3.05, 3.63) is 0 Å². The monoisotopic (exact) mass is 268 g/mol. The number of likely N-dealkylation sites (tertiary alicyclic amines) is 1. The van der Waals surface area contributed by atoms with Crippen molar-refractivity contribution in [1.82, 2.24) is 10.2 Å². The molecule has 0 aromatic rings. The van der Waals surface area contributed by atoms with Crippen molar-refractivity contribution in [2.45, 2.75) is 58.6 Å². The van der Waals surface area contributed by atoms with Gasteiger partial charge in [-0.3, -0.25) is 0 Å². The van der Waals surface area contributed by atoms with Crippen LogP contribution in [0.3, 0.4) is 0 Å². The van der Waals surface area contributed by atoms with E-state index in [2.05, 4.69) is 31.0 Å². The summed E-state index contributed by atoms with van der Waals surface area (Å²) in [5, 5.41) is 13.9. The van der Waals surface area contributed by atoms with Gasteiger partial charge in [-0.2, -0.15) is 0 Å². The van der Waals surface area contributed by atoms with Crippen LogP contribution in [0, 0.1) is 17.8 Å². The number of nitrogens with zero attached hydrogens (tertiary/aromatic N) is 1. The normalized spacial score (nSPS) is 30.8. The first kappa shape index (κ1) is 15.3. The lowest BCUT2D eigenvalue weighted by molar-refractivity contribution is 0.0631. The average Bonchev–Trinajstić information content (AvgIpc) is 3.20. The molecule has 2 aliphatic rings. The zero-order valence-corrected chi connectivity index (χ0v) is 12.9. The predicted molar refractivity (Wildman–Crippen MR) is 80.2 cm³/mol. The van der Waals surface area contributed by atoms with Crippen LogP contribution in [0.4, 0.5) is 0 Å². The summed E-state index contributed by atoms with van der Waals surface area (Å²) in [6, 6.07) is 0.638. The van der Waals surface area contributed by atoms with Crippen LogP contribution in [0.5, 0.6) is 0 Å². The summed E-state index contributed by atoms with van der Waals surface area (Å²) in [5.74, 6) is 1.99. The smallest absolute Gasteiger partial charge is 0.0566 e. The Labute approximate surface area is 118 Å². The molecule has 1 aliphatic carbocycles. The number of hydrogen-bond donors (Lipinski definition) is 2. The molecule has 3 heteroatoms. The van der Waals surface area contributed by atoms with Gasteiger partial charge in [-0.05, 0) is 56.5 Å². The second-order valence-corrected chi connectivity index (χ2v) is 7.05. The fraction of sp³-hybridized carbons (Fsp3) is 1.00. The van der Waals surface area contributed by atoms with E-state index in [9.17, 15) is 5.11 Å². The maximum absolute atomic E-state index is 10.1. The first-order valence-electron chi connectivity index (χ1n) is 8.22. The summed E-state index contributed by atoms with van der Waals surface area (Å²) in [7, 11) is 0. The highest BCUT2D eigenvalue weighted by molar-refractivity contribution is 4.86. The van der Waals surface area contributed by atoms with Gasteiger partial charge in [0.25, 0.3) is 0 Å². The van der Waals surface area contributed by atoms with Crippen LogP contribution in [-0.4, -0.2) is 48.3 Å². The molecule has 0 aromatic carbocycles. The zero-order chi connectivity index (χ0) is 13.8. The maximum atomic E-state index is 10.1. The molecule has 1 heterocycles. The van der Waals surface area contributed by atoms with Crippen LogP contribution in [0.25, 0.3) is 0 Å². The molecule has 3 nitrogen and oxygen atoms in total. The Bertz CT molecular complexity index is 265. The highest BCUT2D eigenvalue weighted by Crippen LogP contribution is 2.29. The number of hydrogen-bond acceptors (Lipinski definition) is 3. The van der Waals surface area contributed by atoms with Crippen molar-refractivity contribution in [1.29, 1.82) is 0 Å². The maximum Gasteiger partial charge on any atom is 0.0566 e. The molecule has 0 aromatic heterocycles. The minimum atomic E-state index is -0.133. The zero-order valence-electron chi connectivity index (χ0n) is 12.9. The summed E-state index contributed by atoms with van der Waals surface area (Å²) in [5.41, 5.74) is 0. The van der Waals surface area contributed by atoms with Crippen LogP contribution in [-0.2, 0) is 0 Å². The molecule has 3 unspecified atom stereocenters. The lowest BCUT2D eigenvalue weighted by atomic mass is 9.86. The highest BCUT2D eigenvalue weighted by atomic mass is 16.3. The number of aliphatic hydroxyl groups is 1. The lowest BCUT2D eigenvalue weighted by Crippen LogP contribution is -2.50. The van der Waals surface area contributed by atoms with Crippen LogP contribution in [0.1, 0.15) is 46.5 Å². The van der Waals surface area contributed by atoms with Crippen molar-refractivity contribution >= 4 is 0 Å². The highest BCUT2D eigenvalue weighted by Gasteiger charge is 2.30. The molecule has 1 saturated heterocycles. The second-order valence-electron chi connectivity index (χ2n) is 7.05. The van der Waals surface area contributed by atoms with Crippen LogP contribution in [0.15, 0.2) is 0 Å². The lowest BCUT2D eigenvalue weighted by Gasteiger charge is -2.39. The Hall–Kier alpha value is -0.120. The topological polar surface area (TPSA) is 35.5 Å². The van der Waals surface area contributed by atoms with Gasteiger partial charge in [0.2, 0.25) is 0 Å². The molecule has 0 spiro atoms. The Morgan fingerprint density at radius 3 is 2.53 bits per heavy atom. The number of likely N-dealkylation sites (N-methyl/N-ethyl adjacent to an activating group) is 1. The van der Waals surface area contributed by atoms with Gasteiger partial charge in [0.15, 0.2) is 0 Å². The molecule has 112 valence electrons. The van der Waals surface area contributed by atoms with E-state index in [0.717, 1.165) is 18.9 Å².